The summed E-state index contributed by atoms with van der Waals surface area (Å²) in [6.07, 6.45) is 4.26. The molecule has 2 saturated heterocycles. The van der Waals surface area contributed by atoms with Gasteiger partial charge in [-0.1, -0.05) is 11.6 Å². The summed E-state index contributed by atoms with van der Waals surface area (Å²) in [6.45, 7) is 5.41. The summed E-state index contributed by atoms with van der Waals surface area (Å²) in [5, 5.41) is 0.587. The molecular formula is C24H28ClN3O3. The molecule has 1 atom stereocenters. The molecule has 2 aliphatic rings. The number of hydrogen-bond donors (Lipinski definition) is 0. The van der Waals surface area contributed by atoms with Crippen molar-refractivity contribution in [2.45, 2.75) is 26.2 Å². The maximum absolute atomic E-state index is 13.0. The number of carbonyl (C=O) groups excluding carboxylic acids is 2. The van der Waals surface area contributed by atoms with E-state index in [0.717, 1.165) is 56.7 Å². The lowest BCUT2D eigenvalue weighted by Gasteiger charge is -2.34. The van der Waals surface area contributed by atoms with Crippen molar-refractivity contribution in [3.8, 4) is 5.88 Å². The predicted molar refractivity (Wildman–Crippen MR) is 121 cm³/mol. The van der Waals surface area contributed by atoms with E-state index in [1.54, 1.807) is 25.3 Å². The summed E-state index contributed by atoms with van der Waals surface area (Å²) in [5.74, 6) is 1.35. The summed E-state index contributed by atoms with van der Waals surface area (Å²) in [4.78, 5) is 32.9. The number of anilines is 1. The molecule has 7 heteroatoms. The number of ketones is 1. The fourth-order valence-electron chi connectivity index (χ4n) is 4.37. The Labute approximate surface area is 188 Å². The number of nitrogens with zero attached hydrogens (tertiary/aromatic N) is 3. The van der Waals surface area contributed by atoms with E-state index in [0.29, 0.717) is 23.4 Å². The summed E-state index contributed by atoms with van der Waals surface area (Å²) in [5.41, 5.74) is 1.85. The number of Topliss-reactive ketones (excluding diaryl/α,β-unsaturated/α-hetero) is 1. The maximum atomic E-state index is 13.0. The molecule has 0 spiro atoms. The number of amides is 1. The summed E-state index contributed by atoms with van der Waals surface area (Å²) < 4.78 is 5.77. The van der Waals surface area contributed by atoms with Crippen LogP contribution in [0.15, 0.2) is 42.6 Å². The van der Waals surface area contributed by atoms with Gasteiger partial charge in [-0.05, 0) is 56.5 Å². The number of aromatic nitrogens is 1. The first-order valence-electron chi connectivity index (χ1n) is 10.9. The molecule has 2 aromatic rings. The lowest BCUT2D eigenvalue weighted by molar-refractivity contribution is -0.135. The minimum absolute atomic E-state index is 0.0783. The van der Waals surface area contributed by atoms with Gasteiger partial charge in [-0.2, -0.15) is 0 Å². The summed E-state index contributed by atoms with van der Waals surface area (Å²) in [6, 6.07) is 11.3. The van der Waals surface area contributed by atoms with Crippen molar-refractivity contribution in [3.05, 3.63) is 53.2 Å². The smallest absolute Gasteiger partial charge is 0.225 e. The number of carbonyl (C=O) groups is 2. The van der Waals surface area contributed by atoms with Gasteiger partial charge in [-0.15, -0.1) is 0 Å². The molecule has 2 fully saturated rings. The fraction of sp³-hybridized carbons (Fsp3) is 0.458. The van der Waals surface area contributed by atoms with E-state index >= 15 is 0 Å². The number of benzene rings is 1. The standard InChI is InChI=1S/C24H28ClN3O3/c1-17(29)19-2-5-22(6-3-19)27-12-9-20(10-13-27)24(30)28-11-8-18(15-28)16-31-23-7-4-21(25)14-26-23/h2-7,14,18,20H,8-13,15-16H2,1H3. The van der Waals surface area contributed by atoms with Gasteiger partial charge in [-0.3, -0.25) is 9.59 Å². The van der Waals surface area contributed by atoms with Gasteiger partial charge >= 0.3 is 0 Å². The Balaban J connectivity index is 1.23. The number of rotatable bonds is 6. The first kappa shape index (κ1) is 21.6. The van der Waals surface area contributed by atoms with Crippen LogP contribution in [0.2, 0.25) is 5.02 Å². The molecule has 164 valence electrons. The zero-order valence-electron chi connectivity index (χ0n) is 17.8. The van der Waals surface area contributed by atoms with E-state index in [1.165, 1.54) is 0 Å². The molecule has 31 heavy (non-hydrogen) atoms. The van der Waals surface area contributed by atoms with E-state index in [1.807, 2.05) is 29.2 Å². The number of hydrogen-bond acceptors (Lipinski definition) is 5. The van der Waals surface area contributed by atoms with Crippen molar-refractivity contribution in [3.63, 3.8) is 0 Å². The SMILES string of the molecule is CC(=O)c1ccc(N2CCC(C(=O)N3CCC(COc4ccc(Cl)cn4)C3)CC2)cc1. The van der Waals surface area contributed by atoms with E-state index in [2.05, 4.69) is 9.88 Å². The molecule has 0 aliphatic carbocycles. The van der Waals surface area contributed by atoms with Crippen molar-refractivity contribution >= 4 is 29.0 Å². The monoisotopic (exact) mass is 441 g/mol. The van der Waals surface area contributed by atoms with Gasteiger partial charge in [0.05, 0.1) is 11.6 Å². The Kier molecular flexibility index (Phi) is 6.76. The Hall–Kier alpha value is -2.60. The van der Waals surface area contributed by atoms with Crippen LogP contribution in [-0.4, -0.2) is 54.4 Å². The maximum Gasteiger partial charge on any atom is 0.225 e. The Morgan fingerprint density at radius 2 is 1.81 bits per heavy atom. The highest BCUT2D eigenvalue weighted by Gasteiger charge is 2.33. The predicted octanol–water partition coefficient (Wildman–Crippen LogP) is 4.08. The van der Waals surface area contributed by atoms with Crippen LogP contribution in [0.3, 0.4) is 0 Å². The van der Waals surface area contributed by atoms with Crippen LogP contribution >= 0.6 is 11.6 Å². The average Bonchev–Trinajstić information content (AvgIpc) is 3.27. The highest BCUT2D eigenvalue weighted by molar-refractivity contribution is 6.30. The largest absolute Gasteiger partial charge is 0.477 e. The number of halogens is 1. The van der Waals surface area contributed by atoms with E-state index in [9.17, 15) is 9.59 Å². The first-order chi connectivity index (χ1) is 15.0. The van der Waals surface area contributed by atoms with Gasteiger partial charge < -0.3 is 14.5 Å². The van der Waals surface area contributed by atoms with Crippen molar-refractivity contribution in [1.82, 2.24) is 9.88 Å². The highest BCUT2D eigenvalue weighted by Crippen LogP contribution is 2.27. The molecule has 0 bridgehead atoms. The van der Waals surface area contributed by atoms with E-state index in [4.69, 9.17) is 16.3 Å². The normalized spacial score (nSPS) is 19.5. The zero-order chi connectivity index (χ0) is 21.8. The van der Waals surface area contributed by atoms with Crippen LogP contribution < -0.4 is 9.64 Å². The van der Waals surface area contributed by atoms with Crippen LogP contribution in [0.4, 0.5) is 5.69 Å². The minimum Gasteiger partial charge on any atom is -0.477 e. The fourth-order valence-corrected chi connectivity index (χ4v) is 4.48. The Bertz CT molecular complexity index is 909. The van der Waals surface area contributed by atoms with Gasteiger partial charge in [-0.25, -0.2) is 4.98 Å². The average molecular weight is 442 g/mol. The third kappa shape index (κ3) is 5.37. The van der Waals surface area contributed by atoms with Gasteiger partial charge in [0.1, 0.15) is 0 Å². The molecule has 3 heterocycles. The van der Waals surface area contributed by atoms with Gasteiger partial charge in [0.25, 0.3) is 0 Å². The van der Waals surface area contributed by atoms with Gasteiger partial charge in [0, 0.05) is 61.5 Å². The van der Waals surface area contributed by atoms with Crippen molar-refractivity contribution < 1.29 is 14.3 Å². The summed E-state index contributed by atoms with van der Waals surface area (Å²) >= 11 is 5.85. The van der Waals surface area contributed by atoms with Gasteiger partial charge in [0.2, 0.25) is 11.8 Å². The van der Waals surface area contributed by atoms with Gasteiger partial charge in [0.15, 0.2) is 5.78 Å². The minimum atomic E-state index is 0.0783. The molecule has 1 aromatic carbocycles. The quantitative estimate of drug-likeness (QED) is 0.632. The molecule has 1 aromatic heterocycles. The van der Waals surface area contributed by atoms with Crippen LogP contribution in [0.25, 0.3) is 0 Å². The lowest BCUT2D eigenvalue weighted by atomic mass is 9.95. The van der Waals surface area contributed by atoms with Crippen LogP contribution in [0.5, 0.6) is 5.88 Å². The summed E-state index contributed by atoms with van der Waals surface area (Å²) in [7, 11) is 0. The van der Waals surface area contributed by atoms with Crippen molar-refractivity contribution in [2.24, 2.45) is 11.8 Å². The molecule has 0 radical (unpaired) electrons. The molecular weight excluding hydrogens is 414 g/mol. The van der Waals surface area contributed by atoms with Crippen LogP contribution in [0, 0.1) is 11.8 Å². The molecule has 0 saturated carbocycles. The number of piperidine rings is 1. The van der Waals surface area contributed by atoms with Crippen LogP contribution in [-0.2, 0) is 4.79 Å². The Morgan fingerprint density at radius 3 is 2.45 bits per heavy atom. The second-order valence-corrected chi connectivity index (χ2v) is 8.87. The van der Waals surface area contributed by atoms with Crippen molar-refractivity contribution in [1.29, 1.82) is 0 Å². The first-order valence-corrected chi connectivity index (χ1v) is 11.3. The number of ether oxygens (including phenoxy) is 1. The molecule has 4 rings (SSSR count). The molecule has 0 N–H and O–H groups in total. The molecule has 1 amide bonds. The lowest BCUT2D eigenvalue weighted by Crippen LogP contribution is -2.42. The number of pyridine rings is 1. The molecule has 6 nitrogen and oxygen atoms in total. The third-order valence-electron chi connectivity index (χ3n) is 6.25. The number of likely N-dealkylation sites (tertiary alicyclic amines) is 1. The van der Waals surface area contributed by atoms with E-state index in [-0.39, 0.29) is 17.6 Å². The van der Waals surface area contributed by atoms with Crippen molar-refractivity contribution in [2.75, 3.05) is 37.7 Å². The second-order valence-electron chi connectivity index (χ2n) is 8.43. The highest BCUT2D eigenvalue weighted by atomic mass is 35.5. The van der Waals surface area contributed by atoms with Crippen LogP contribution in [0.1, 0.15) is 36.5 Å². The molecule has 2 aliphatic heterocycles. The topological polar surface area (TPSA) is 62.7 Å². The molecule has 1 unspecified atom stereocenters. The van der Waals surface area contributed by atoms with E-state index < -0.39 is 0 Å². The Morgan fingerprint density at radius 1 is 1.06 bits per heavy atom. The zero-order valence-corrected chi connectivity index (χ0v) is 18.6. The third-order valence-corrected chi connectivity index (χ3v) is 6.47. The second kappa shape index (κ2) is 9.69.